The van der Waals surface area contributed by atoms with E-state index in [-0.39, 0.29) is 12.0 Å². The Kier molecular flexibility index (Phi) is 3.82. The van der Waals surface area contributed by atoms with Gasteiger partial charge in [0.25, 0.3) is 0 Å². The molecule has 0 aromatic heterocycles. The zero-order chi connectivity index (χ0) is 11.4. The first-order chi connectivity index (χ1) is 7.79. The minimum absolute atomic E-state index is 0.0911. The number of carbonyl (C=O) groups excluding carboxylic acids is 1. The van der Waals surface area contributed by atoms with E-state index in [2.05, 4.69) is 10.6 Å². The van der Waals surface area contributed by atoms with Crippen molar-refractivity contribution >= 4 is 5.97 Å². The minimum atomic E-state index is -0.465. The third kappa shape index (κ3) is 2.09. The average molecular weight is 226 g/mol. The van der Waals surface area contributed by atoms with E-state index in [0.29, 0.717) is 0 Å². The maximum absolute atomic E-state index is 12.1. The monoisotopic (exact) mass is 226 g/mol. The second-order valence-corrected chi connectivity index (χ2v) is 4.85. The Morgan fingerprint density at radius 3 is 2.62 bits per heavy atom. The van der Waals surface area contributed by atoms with Gasteiger partial charge in [-0.3, -0.25) is 0 Å². The lowest BCUT2D eigenvalue weighted by atomic mass is 9.78. The molecule has 2 aliphatic heterocycles. The van der Waals surface area contributed by atoms with Crippen molar-refractivity contribution in [1.82, 2.24) is 10.6 Å². The highest BCUT2D eigenvalue weighted by atomic mass is 16.5. The maximum Gasteiger partial charge on any atom is 0.327 e. The van der Waals surface area contributed by atoms with Crippen molar-refractivity contribution in [3.05, 3.63) is 0 Å². The molecule has 2 aliphatic rings. The second kappa shape index (κ2) is 5.15. The van der Waals surface area contributed by atoms with Crippen LogP contribution in [0.1, 0.15) is 38.5 Å². The van der Waals surface area contributed by atoms with Crippen molar-refractivity contribution < 1.29 is 9.53 Å². The van der Waals surface area contributed by atoms with Gasteiger partial charge in [-0.1, -0.05) is 6.42 Å². The molecular weight excluding hydrogens is 204 g/mol. The summed E-state index contributed by atoms with van der Waals surface area (Å²) < 4.78 is 5.00. The number of rotatable bonds is 2. The van der Waals surface area contributed by atoms with Crippen molar-refractivity contribution in [2.75, 3.05) is 20.2 Å². The SMILES string of the molecule is COC(=O)C1(C2CCCCN2)CCCCN1. The van der Waals surface area contributed by atoms with Gasteiger partial charge in [0.15, 0.2) is 0 Å². The Bertz CT molecular complexity index is 243. The number of esters is 1. The summed E-state index contributed by atoms with van der Waals surface area (Å²) in [6.45, 7) is 1.94. The van der Waals surface area contributed by atoms with Gasteiger partial charge in [-0.05, 0) is 45.2 Å². The van der Waals surface area contributed by atoms with E-state index in [0.717, 1.165) is 38.8 Å². The molecule has 16 heavy (non-hydrogen) atoms. The molecule has 2 N–H and O–H groups in total. The molecule has 2 saturated heterocycles. The largest absolute Gasteiger partial charge is 0.468 e. The van der Waals surface area contributed by atoms with Crippen LogP contribution < -0.4 is 10.6 Å². The van der Waals surface area contributed by atoms with Gasteiger partial charge in [-0.2, -0.15) is 0 Å². The fourth-order valence-electron chi connectivity index (χ4n) is 3.00. The minimum Gasteiger partial charge on any atom is -0.468 e. The Hall–Kier alpha value is -0.610. The van der Waals surface area contributed by atoms with Gasteiger partial charge >= 0.3 is 5.97 Å². The Morgan fingerprint density at radius 1 is 1.25 bits per heavy atom. The first-order valence-corrected chi connectivity index (χ1v) is 6.36. The summed E-state index contributed by atoms with van der Waals surface area (Å²) in [5.74, 6) is -0.0911. The predicted octanol–water partition coefficient (Wildman–Crippen LogP) is 0.814. The fourth-order valence-corrected chi connectivity index (χ4v) is 3.00. The van der Waals surface area contributed by atoms with E-state index in [9.17, 15) is 4.79 Å². The van der Waals surface area contributed by atoms with Gasteiger partial charge in [0, 0.05) is 6.04 Å². The molecule has 4 heteroatoms. The van der Waals surface area contributed by atoms with Gasteiger partial charge in [0.1, 0.15) is 5.54 Å². The third-order valence-electron chi connectivity index (χ3n) is 3.89. The van der Waals surface area contributed by atoms with E-state index < -0.39 is 5.54 Å². The Morgan fingerprint density at radius 2 is 2.06 bits per heavy atom. The van der Waals surface area contributed by atoms with Crippen LogP contribution in [0, 0.1) is 0 Å². The molecule has 2 heterocycles. The third-order valence-corrected chi connectivity index (χ3v) is 3.89. The van der Waals surface area contributed by atoms with Crippen molar-refractivity contribution in [3.8, 4) is 0 Å². The van der Waals surface area contributed by atoms with Crippen LogP contribution in [0.15, 0.2) is 0 Å². The quantitative estimate of drug-likeness (QED) is 0.684. The van der Waals surface area contributed by atoms with Crippen LogP contribution in [0.3, 0.4) is 0 Å². The summed E-state index contributed by atoms with van der Waals surface area (Å²) in [6, 6.07) is 0.244. The summed E-state index contributed by atoms with van der Waals surface area (Å²) in [6.07, 6.45) is 6.66. The van der Waals surface area contributed by atoms with E-state index in [1.54, 1.807) is 0 Å². The first-order valence-electron chi connectivity index (χ1n) is 6.36. The molecule has 0 amide bonds. The lowest BCUT2D eigenvalue weighted by Crippen LogP contribution is -2.67. The molecule has 92 valence electrons. The maximum atomic E-state index is 12.1. The van der Waals surface area contributed by atoms with Gasteiger partial charge in [0.2, 0.25) is 0 Å². The molecule has 2 fully saturated rings. The summed E-state index contributed by atoms with van der Waals surface area (Å²) in [5, 5.41) is 6.90. The molecule has 0 spiro atoms. The molecule has 0 radical (unpaired) electrons. The Balaban J connectivity index is 2.14. The number of hydrogen-bond acceptors (Lipinski definition) is 4. The van der Waals surface area contributed by atoms with Crippen LogP contribution in [0.25, 0.3) is 0 Å². The lowest BCUT2D eigenvalue weighted by molar-refractivity contribution is -0.151. The molecule has 4 nitrogen and oxygen atoms in total. The molecule has 0 aromatic carbocycles. The van der Waals surface area contributed by atoms with Crippen molar-refractivity contribution in [2.45, 2.75) is 50.1 Å². The van der Waals surface area contributed by atoms with Crippen molar-refractivity contribution in [2.24, 2.45) is 0 Å². The highest BCUT2D eigenvalue weighted by molar-refractivity contribution is 5.82. The van der Waals surface area contributed by atoms with Crippen LogP contribution >= 0.6 is 0 Å². The summed E-state index contributed by atoms with van der Waals surface area (Å²) in [4.78, 5) is 12.1. The molecule has 0 aromatic rings. The van der Waals surface area contributed by atoms with Crippen LogP contribution in [-0.2, 0) is 9.53 Å². The number of ether oxygens (including phenoxy) is 1. The highest BCUT2D eigenvalue weighted by Crippen LogP contribution is 2.28. The van der Waals surface area contributed by atoms with Crippen LogP contribution in [0.2, 0.25) is 0 Å². The summed E-state index contributed by atoms with van der Waals surface area (Å²) in [7, 11) is 1.49. The van der Waals surface area contributed by atoms with Crippen LogP contribution in [0.5, 0.6) is 0 Å². The van der Waals surface area contributed by atoms with Crippen molar-refractivity contribution in [3.63, 3.8) is 0 Å². The lowest BCUT2D eigenvalue weighted by Gasteiger charge is -2.43. The topological polar surface area (TPSA) is 50.4 Å². The average Bonchev–Trinajstić information content (AvgIpc) is 2.39. The first kappa shape index (κ1) is 11.9. The highest BCUT2D eigenvalue weighted by Gasteiger charge is 2.47. The number of methoxy groups -OCH3 is 1. The van der Waals surface area contributed by atoms with Gasteiger partial charge in [-0.25, -0.2) is 4.79 Å². The van der Waals surface area contributed by atoms with E-state index in [4.69, 9.17) is 4.74 Å². The summed E-state index contributed by atoms with van der Waals surface area (Å²) >= 11 is 0. The van der Waals surface area contributed by atoms with Gasteiger partial charge in [-0.15, -0.1) is 0 Å². The zero-order valence-corrected chi connectivity index (χ0v) is 10.1. The van der Waals surface area contributed by atoms with E-state index >= 15 is 0 Å². The fraction of sp³-hybridized carbons (Fsp3) is 0.917. The molecular formula is C12H22N2O2. The zero-order valence-electron chi connectivity index (χ0n) is 10.1. The molecule has 0 aliphatic carbocycles. The van der Waals surface area contributed by atoms with Crippen molar-refractivity contribution in [1.29, 1.82) is 0 Å². The van der Waals surface area contributed by atoms with E-state index in [1.807, 2.05) is 0 Å². The number of nitrogens with one attached hydrogen (secondary N) is 2. The number of piperidine rings is 2. The standard InChI is InChI=1S/C12H22N2O2/c1-16-11(15)12(7-3-5-9-14-12)10-6-2-4-8-13-10/h10,13-14H,2-9H2,1H3. The molecule has 2 rings (SSSR count). The number of hydrogen-bond donors (Lipinski definition) is 2. The van der Waals surface area contributed by atoms with Gasteiger partial charge < -0.3 is 15.4 Å². The second-order valence-electron chi connectivity index (χ2n) is 4.85. The molecule has 0 saturated carbocycles. The molecule has 2 atom stereocenters. The summed E-state index contributed by atoms with van der Waals surface area (Å²) in [5.41, 5.74) is -0.465. The smallest absolute Gasteiger partial charge is 0.327 e. The number of carbonyl (C=O) groups is 1. The predicted molar refractivity (Wildman–Crippen MR) is 62.2 cm³/mol. The van der Waals surface area contributed by atoms with Gasteiger partial charge in [0.05, 0.1) is 7.11 Å². The molecule has 0 bridgehead atoms. The molecule has 2 unspecified atom stereocenters. The van der Waals surface area contributed by atoms with Crippen LogP contribution in [-0.4, -0.2) is 37.7 Å². The van der Waals surface area contributed by atoms with Crippen LogP contribution in [0.4, 0.5) is 0 Å². The Labute approximate surface area is 97.1 Å². The van der Waals surface area contributed by atoms with E-state index in [1.165, 1.54) is 20.0 Å². The normalized spacial score (nSPS) is 35.7.